The van der Waals surface area contributed by atoms with Crippen LogP contribution < -0.4 is 10.1 Å². The van der Waals surface area contributed by atoms with Crippen molar-refractivity contribution in [1.29, 1.82) is 0 Å². The van der Waals surface area contributed by atoms with Crippen molar-refractivity contribution in [2.75, 3.05) is 20.2 Å². The summed E-state index contributed by atoms with van der Waals surface area (Å²) in [4.78, 5) is 19.7. The van der Waals surface area contributed by atoms with Crippen LogP contribution in [0.2, 0.25) is 0 Å². The fraction of sp³-hybridized carbons (Fsp3) is 0.385. The number of pyridine rings is 1. The molecule has 2 heterocycles. The average Bonchev–Trinajstić information content (AvgIpc) is 3.58. The summed E-state index contributed by atoms with van der Waals surface area (Å²) in [6, 6.07) is 11.4. The second-order valence-electron chi connectivity index (χ2n) is 9.34. The third-order valence-electron chi connectivity index (χ3n) is 7.00. The van der Waals surface area contributed by atoms with Crippen LogP contribution in [0.5, 0.6) is 5.75 Å². The average molecular weight is 470 g/mol. The number of hydrogen-bond acceptors (Lipinski definition) is 4. The van der Waals surface area contributed by atoms with Gasteiger partial charge in [-0.2, -0.15) is 13.2 Å². The second kappa shape index (κ2) is 8.27. The number of rotatable bonds is 6. The molecule has 0 radical (unpaired) electrons. The number of carbonyl (C=O) groups excluding carboxylic acids is 1. The number of likely N-dealkylation sites (N-methyl/N-ethyl adjacent to an activating group) is 1. The molecular weight excluding hydrogens is 443 g/mol. The minimum atomic E-state index is -4.50. The molecule has 1 atom stereocenters. The first-order valence-electron chi connectivity index (χ1n) is 11.4. The van der Waals surface area contributed by atoms with E-state index in [1.165, 1.54) is 6.20 Å². The van der Waals surface area contributed by atoms with E-state index in [1.807, 2.05) is 26.1 Å². The van der Waals surface area contributed by atoms with Gasteiger partial charge in [-0.05, 0) is 81.2 Å². The first-order valence-corrected chi connectivity index (χ1v) is 11.4. The molecule has 0 bridgehead atoms. The van der Waals surface area contributed by atoms with E-state index in [0.29, 0.717) is 47.8 Å². The smallest absolute Gasteiger partial charge is 0.416 e. The van der Waals surface area contributed by atoms with Gasteiger partial charge in [0.1, 0.15) is 12.4 Å². The number of nitrogens with zero attached hydrogens (tertiary/aromatic N) is 2. The number of aromatic nitrogens is 1. The third kappa shape index (κ3) is 4.22. The van der Waals surface area contributed by atoms with E-state index in [2.05, 4.69) is 15.2 Å². The molecule has 2 aromatic carbocycles. The lowest BCUT2D eigenvalue weighted by Crippen LogP contribution is -2.48. The van der Waals surface area contributed by atoms with Crippen molar-refractivity contribution >= 4 is 16.8 Å². The molecule has 34 heavy (non-hydrogen) atoms. The maximum atomic E-state index is 13.6. The van der Waals surface area contributed by atoms with Gasteiger partial charge in [-0.3, -0.25) is 14.7 Å². The van der Waals surface area contributed by atoms with Gasteiger partial charge >= 0.3 is 6.18 Å². The summed E-state index contributed by atoms with van der Waals surface area (Å²) in [5.41, 5.74) is 0.341. The predicted molar refractivity (Wildman–Crippen MR) is 123 cm³/mol. The molecule has 1 aromatic heterocycles. The number of ether oxygens (including phenoxy) is 1. The van der Waals surface area contributed by atoms with Crippen LogP contribution in [-0.2, 0) is 11.7 Å². The summed E-state index contributed by atoms with van der Waals surface area (Å²) >= 11 is 0. The molecular formula is C26H26F3N3O2. The number of amides is 1. The molecule has 1 saturated heterocycles. The maximum absolute atomic E-state index is 13.6. The number of hydrogen-bond donors (Lipinski definition) is 1. The van der Waals surface area contributed by atoms with Crippen LogP contribution in [0, 0.1) is 6.92 Å². The first kappa shape index (κ1) is 22.7. The molecule has 2 fully saturated rings. The molecule has 178 valence electrons. The lowest BCUT2D eigenvalue weighted by molar-refractivity contribution is -0.137. The zero-order valence-corrected chi connectivity index (χ0v) is 19.1. The molecule has 3 aromatic rings. The van der Waals surface area contributed by atoms with Crippen LogP contribution in [-0.4, -0.2) is 42.0 Å². The summed E-state index contributed by atoms with van der Waals surface area (Å²) in [5, 5.41) is 3.65. The fourth-order valence-electron chi connectivity index (χ4n) is 4.52. The molecule has 0 spiro atoms. The molecule has 5 nitrogen and oxygen atoms in total. The van der Waals surface area contributed by atoms with E-state index in [-0.39, 0.29) is 11.4 Å². The van der Waals surface area contributed by atoms with E-state index >= 15 is 0 Å². The maximum Gasteiger partial charge on any atom is 0.416 e. The summed E-state index contributed by atoms with van der Waals surface area (Å²) in [6.07, 6.45) is -0.823. The van der Waals surface area contributed by atoms with E-state index in [4.69, 9.17) is 4.74 Å². The van der Waals surface area contributed by atoms with Crippen molar-refractivity contribution in [2.45, 2.75) is 43.9 Å². The van der Waals surface area contributed by atoms with E-state index in [0.717, 1.165) is 30.7 Å². The van der Waals surface area contributed by atoms with Gasteiger partial charge in [-0.25, -0.2) is 0 Å². The normalized spacial score (nSPS) is 19.5. The molecule has 1 unspecified atom stereocenters. The van der Waals surface area contributed by atoms with Crippen LogP contribution in [0.15, 0.2) is 48.7 Å². The Kier molecular flexibility index (Phi) is 5.51. The van der Waals surface area contributed by atoms with Crippen molar-refractivity contribution in [3.8, 4) is 5.75 Å². The third-order valence-corrected chi connectivity index (χ3v) is 7.00. The van der Waals surface area contributed by atoms with Gasteiger partial charge in [0.15, 0.2) is 0 Å². The van der Waals surface area contributed by atoms with Gasteiger partial charge in [0.2, 0.25) is 0 Å². The molecule has 1 aliphatic carbocycles. The lowest BCUT2D eigenvalue weighted by atomic mass is 9.95. The van der Waals surface area contributed by atoms with Crippen LogP contribution in [0.3, 0.4) is 0 Å². The van der Waals surface area contributed by atoms with Crippen LogP contribution in [0.25, 0.3) is 10.9 Å². The second-order valence-corrected chi connectivity index (χ2v) is 9.34. The number of nitrogens with one attached hydrogen (secondary N) is 1. The highest BCUT2D eigenvalue weighted by Gasteiger charge is 2.48. The molecule has 1 aliphatic heterocycles. The van der Waals surface area contributed by atoms with Gasteiger partial charge in [0.25, 0.3) is 5.91 Å². The van der Waals surface area contributed by atoms with Gasteiger partial charge in [-0.1, -0.05) is 12.1 Å². The molecule has 8 heteroatoms. The minimum absolute atomic E-state index is 0.264. The number of aryl methyl sites for hydroxylation is 1. The van der Waals surface area contributed by atoms with Crippen molar-refractivity contribution in [3.05, 3.63) is 70.9 Å². The number of benzene rings is 2. The Morgan fingerprint density at radius 2 is 2.03 bits per heavy atom. The van der Waals surface area contributed by atoms with Crippen LogP contribution >= 0.6 is 0 Å². The highest BCUT2D eigenvalue weighted by Crippen LogP contribution is 2.49. The number of fused-ring (bicyclic) bond motifs is 1. The topological polar surface area (TPSA) is 54.5 Å². The monoisotopic (exact) mass is 469 g/mol. The van der Waals surface area contributed by atoms with Crippen molar-refractivity contribution in [3.63, 3.8) is 0 Å². The summed E-state index contributed by atoms with van der Waals surface area (Å²) < 4.78 is 46.7. The molecule has 5 rings (SSSR count). The van der Waals surface area contributed by atoms with Crippen molar-refractivity contribution in [2.24, 2.45) is 0 Å². The Balaban J connectivity index is 1.42. The molecule has 1 amide bonds. The minimum Gasteiger partial charge on any atom is -0.492 e. The molecule has 2 aliphatic rings. The predicted octanol–water partition coefficient (Wildman–Crippen LogP) is 5.06. The zero-order chi connectivity index (χ0) is 24.1. The van der Waals surface area contributed by atoms with E-state index in [1.54, 1.807) is 18.2 Å². The SMILES string of the molecule is Cc1ccc(OCC2CCN2C)cc1C(=O)NC1(c2cc(C(F)(F)F)cc3ncccc23)CC1. The Morgan fingerprint density at radius 1 is 1.24 bits per heavy atom. The Labute approximate surface area is 195 Å². The highest BCUT2D eigenvalue weighted by atomic mass is 19.4. The number of likely N-dealkylation sites (tertiary alicyclic amines) is 1. The van der Waals surface area contributed by atoms with Crippen molar-refractivity contribution in [1.82, 2.24) is 15.2 Å². The van der Waals surface area contributed by atoms with E-state index in [9.17, 15) is 18.0 Å². The summed E-state index contributed by atoms with van der Waals surface area (Å²) in [7, 11) is 2.05. The lowest BCUT2D eigenvalue weighted by Gasteiger charge is -2.37. The Bertz CT molecular complexity index is 1250. The molecule has 1 saturated carbocycles. The highest BCUT2D eigenvalue weighted by molar-refractivity contribution is 5.97. The van der Waals surface area contributed by atoms with Gasteiger partial charge < -0.3 is 10.1 Å². The molecule has 1 N–H and O–H groups in total. The number of alkyl halides is 3. The van der Waals surface area contributed by atoms with Gasteiger partial charge in [0.05, 0.1) is 16.6 Å². The largest absolute Gasteiger partial charge is 0.492 e. The van der Waals surface area contributed by atoms with Crippen LogP contribution in [0.1, 0.15) is 46.3 Å². The zero-order valence-electron chi connectivity index (χ0n) is 19.1. The first-order chi connectivity index (χ1) is 16.2. The van der Waals surface area contributed by atoms with Gasteiger partial charge in [-0.15, -0.1) is 0 Å². The number of carbonyl (C=O) groups is 1. The quantitative estimate of drug-likeness (QED) is 0.548. The Morgan fingerprint density at radius 3 is 2.68 bits per heavy atom. The Hall–Kier alpha value is -3.13. The van der Waals surface area contributed by atoms with Crippen molar-refractivity contribution < 1.29 is 22.7 Å². The number of halogens is 3. The summed E-state index contributed by atoms with van der Waals surface area (Å²) in [6.45, 7) is 3.44. The fourth-order valence-corrected chi connectivity index (χ4v) is 4.52. The summed E-state index contributed by atoms with van der Waals surface area (Å²) in [5.74, 6) is 0.283. The van der Waals surface area contributed by atoms with Gasteiger partial charge in [0, 0.05) is 23.2 Å². The van der Waals surface area contributed by atoms with E-state index < -0.39 is 17.3 Å². The standard InChI is InChI=1S/C26H26F3N3O2/c1-16-5-6-19(34-15-18-7-11-32(18)2)14-21(16)24(33)31-25(8-9-25)22-12-17(26(27,28)29)13-23-20(22)4-3-10-30-23/h3-6,10,12-14,18H,7-9,11,15H2,1-2H3,(H,31,33). The van der Waals surface area contributed by atoms with Crippen LogP contribution in [0.4, 0.5) is 13.2 Å².